The number of nitrogens with two attached hydrogens (primary N) is 1. The quantitative estimate of drug-likeness (QED) is 0.751. The van der Waals surface area contributed by atoms with E-state index < -0.39 is 0 Å². The van der Waals surface area contributed by atoms with Gasteiger partial charge in [-0.3, -0.25) is 5.10 Å². The van der Waals surface area contributed by atoms with Crippen LogP contribution in [0.25, 0.3) is 0 Å². The number of hydrogen-bond donors (Lipinski definition) is 3. The summed E-state index contributed by atoms with van der Waals surface area (Å²) in [6, 6.07) is 0. The molecule has 1 heterocycles. The summed E-state index contributed by atoms with van der Waals surface area (Å²) in [6.45, 7) is 0. The monoisotopic (exact) mass is 246 g/mol. The maximum Gasteiger partial charge on any atom is 0.168 e. The van der Waals surface area contributed by atoms with Gasteiger partial charge in [-0.15, -0.1) is 0 Å². The average molecular weight is 246 g/mol. The number of aromatic amines is 1. The van der Waals surface area contributed by atoms with Gasteiger partial charge in [0.15, 0.2) is 5.82 Å². The first-order valence-corrected chi connectivity index (χ1v) is 7.27. The maximum atomic E-state index is 5.94. The molecule has 0 amide bonds. The number of nitrogens with zero attached hydrogens (tertiary/aromatic N) is 1. The Labute approximate surface area is 108 Å². The van der Waals surface area contributed by atoms with E-state index in [4.69, 9.17) is 5.73 Å². The molecule has 4 N–H and O–H groups in total. The van der Waals surface area contributed by atoms with Crippen molar-refractivity contribution in [2.24, 2.45) is 23.7 Å². The highest BCUT2D eigenvalue weighted by Gasteiger charge is 2.49. The van der Waals surface area contributed by atoms with Gasteiger partial charge in [0, 0.05) is 13.0 Å². The molecule has 98 valence electrons. The molecule has 0 unspecified atom stereocenters. The van der Waals surface area contributed by atoms with E-state index in [0.717, 1.165) is 29.4 Å². The minimum Gasteiger partial charge on any atom is -0.384 e. The Bertz CT molecular complexity index is 436. The summed E-state index contributed by atoms with van der Waals surface area (Å²) in [5.74, 6) is 5.07. The van der Waals surface area contributed by atoms with E-state index in [2.05, 4.69) is 15.5 Å². The second-order valence-corrected chi connectivity index (χ2v) is 6.60. The zero-order valence-corrected chi connectivity index (χ0v) is 10.9. The van der Waals surface area contributed by atoms with Crippen molar-refractivity contribution in [3.63, 3.8) is 0 Å². The molecular formula is C14H22N4. The zero-order valence-electron chi connectivity index (χ0n) is 10.9. The maximum absolute atomic E-state index is 5.94. The lowest BCUT2D eigenvalue weighted by molar-refractivity contribution is -0.00394. The molecule has 5 rings (SSSR count). The van der Waals surface area contributed by atoms with Crippen molar-refractivity contribution >= 4 is 11.5 Å². The van der Waals surface area contributed by atoms with Crippen LogP contribution in [0.15, 0.2) is 0 Å². The van der Waals surface area contributed by atoms with Crippen molar-refractivity contribution in [2.45, 2.75) is 38.0 Å². The predicted octanol–water partition coefficient (Wildman–Crippen LogP) is 2.57. The molecule has 0 saturated heterocycles. The van der Waals surface area contributed by atoms with Crippen molar-refractivity contribution in [3.05, 3.63) is 5.69 Å². The Balaban J connectivity index is 1.72. The summed E-state index contributed by atoms with van der Waals surface area (Å²) < 4.78 is 0. The highest BCUT2D eigenvalue weighted by molar-refractivity contribution is 5.65. The van der Waals surface area contributed by atoms with Crippen LogP contribution in [0.1, 0.15) is 43.7 Å². The van der Waals surface area contributed by atoms with Crippen LogP contribution in [0.4, 0.5) is 11.5 Å². The van der Waals surface area contributed by atoms with Gasteiger partial charge in [-0.1, -0.05) is 0 Å². The molecule has 4 nitrogen and oxygen atoms in total. The fraction of sp³-hybridized carbons (Fsp3) is 0.786. The Kier molecular flexibility index (Phi) is 2.17. The van der Waals surface area contributed by atoms with Gasteiger partial charge in [-0.25, -0.2) is 0 Å². The van der Waals surface area contributed by atoms with Gasteiger partial charge >= 0.3 is 0 Å². The molecule has 18 heavy (non-hydrogen) atoms. The highest BCUT2D eigenvalue weighted by Crippen LogP contribution is 2.60. The largest absolute Gasteiger partial charge is 0.384 e. The highest BCUT2D eigenvalue weighted by atomic mass is 15.2. The first kappa shape index (κ1) is 10.7. The number of H-pyrrole nitrogens is 1. The van der Waals surface area contributed by atoms with Gasteiger partial charge in [-0.05, 0) is 55.8 Å². The first-order valence-electron chi connectivity index (χ1n) is 7.27. The molecule has 4 fully saturated rings. The summed E-state index contributed by atoms with van der Waals surface area (Å²) in [4.78, 5) is 0. The normalized spacial score (nSPS) is 41.3. The topological polar surface area (TPSA) is 66.7 Å². The summed E-state index contributed by atoms with van der Waals surface area (Å²) in [7, 11) is 1.95. The van der Waals surface area contributed by atoms with Crippen LogP contribution >= 0.6 is 0 Å². The predicted molar refractivity (Wildman–Crippen MR) is 72.3 cm³/mol. The molecule has 4 aliphatic rings. The lowest BCUT2D eigenvalue weighted by Crippen LogP contribution is -2.44. The van der Waals surface area contributed by atoms with Crippen molar-refractivity contribution < 1.29 is 0 Å². The van der Waals surface area contributed by atoms with E-state index >= 15 is 0 Å². The molecule has 0 aliphatic heterocycles. The number of nitrogens with one attached hydrogen (secondary N) is 2. The first-order chi connectivity index (χ1) is 8.76. The van der Waals surface area contributed by atoms with Crippen LogP contribution in [0.3, 0.4) is 0 Å². The Hall–Kier alpha value is -1.19. The molecule has 0 spiro atoms. The molecule has 4 aliphatic carbocycles. The average Bonchev–Trinajstić information content (AvgIpc) is 2.69. The molecule has 0 aromatic carbocycles. The van der Waals surface area contributed by atoms with E-state index in [1.807, 2.05) is 7.05 Å². The molecule has 0 radical (unpaired) electrons. The van der Waals surface area contributed by atoms with E-state index in [0.29, 0.717) is 11.7 Å². The molecule has 4 bridgehead atoms. The lowest BCUT2D eigenvalue weighted by atomic mass is 9.51. The fourth-order valence-electron chi connectivity index (χ4n) is 5.27. The van der Waals surface area contributed by atoms with E-state index in [1.165, 1.54) is 37.8 Å². The lowest BCUT2D eigenvalue weighted by Gasteiger charge is -2.54. The van der Waals surface area contributed by atoms with Gasteiger partial charge < -0.3 is 11.1 Å². The van der Waals surface area contributed by atoms with Crippen LogP contribution in [-0.2, 0) is 0 Å². The van der Waals surface area contributed by atoms with Crippen LogP contribution in [0.2, 0.25) is 0 Å². The molecule has 1 aromatic rings. The summed E-state index contributed by atoms with van der Waals surface area (Å²) >= 11 is 0. The Morgan fingerprint density at radius 3 is 2.28 bits per heavy atom. The van der Waals surface area contributed by atoms with Crippen molar-refractivity contribution in [2.75, 3.05) is 18.1 Å². The second-order valence-electron chi connectivity index (χ2n) is 6.60. The van der Waals surface area contributed by atoms with Gasteiger partial charge in [0.2, 0.25) is 0 Å². The fourth-order valence-corrected chi connectivity index (χ4v) is 5.27. The van der Waals surface area contributed by atoms with Crippen LogP contribution in [0, 0.1) is 23.7 Å². The Morgan fingerprint density at radius 1 is 1.11 bits per heavy atom. The minimum atomic E-state index is 0.626. The molecule has 4 saturated carbocycles. The second kappa shape index (κ2) is 3.65. The molecule has 0 atom stereocenters. The van der Waals surface area contributed by atoms with Crippen LogP contribution < -0.4 is 11.1 Å². The number of rotatable bonds is 2. The summed E-state index contributed by atoms with van der Waals surface area (Å²) in [6.07, 6.45) is 7.22. The standard InChI is InChI=1S/C14H22N4/c1-16-13-12(17-18-14(13)15)11-9-3-7-2-8(5-9)6-10(11)4-7/h7-11,16H,2-6H2,1H3,(H3,15,17,18). The van der Waals surface area contributed by atoms with Gasteiger partial charge in [0.25, 0.3) is 0 Å². The molecular weight excluding hydrogens is 224 g/mol. The summed E-state index contributed by atoms with van der Waals surface area (Å²) in [5, 5.41) is 10.7. The molecule has 4 heteroatoms. The third kappa shape index (κ3) is 1.35. The Morgan fingerprint density at radius 2 is 1.72 bits per heavy atom. The van der Waals surface area contributed by atoms with Crippen LogP contribution in [0.5, 0.6) is 0 Å². The van der Waals surface area contributed by atoms with Gasteiger partial charge in [-0.2, -0.15) is 5.10 Å². The van der Waals surface area contributed by atoms with E-state index in [1.54, 1.807) is 0 Å². The third-order valence-corrected chi connectivity index (χ3v) is 5.63. The van der Waals surface area contributed by atoms with E-state index in [9.17, 15) is 0 Å². The number of aromatic nitrogens is 2. The smallest absolute Gasteiger partial charge is 0.168 e. The SMILES string of the molecule is CNc1c(N)n[nH]c1C1C2CC3CC(C2)CC1C3. The molecule has 1 aromatic heterocycles. The van der Waals surface area contributed by atoms with Crippen molar-refractivity contribution in [1.29, 1.82) is 0 Å². The van der Waals surface area contributed by atoms with Crippen molar-refractivity contribution in [1.82, 2.24) is 10.2 Å². The summed E-state index contributed by atoms with van der Waals surface area (Å²) in [5.41, 5.74) is 8.27. The zero-order chi connectivity index (χ0) is 12.3. The number of nitrogen functional groups attached to an aromatic ring is 1. The van der Waals surface area contributed by atoms with Gasteiger partial charge in [0.05, 0.1) is 11.4 Å². The number of anilines is 2. The third-order valence-electron chi connectivity index (χ3n) is 5.63. The van der Waals surface area contributed by atoms with Gasteiger partial charge in [0.1, 0.15) is 0 Å². The van der Waals surface area contributed by atoms with E-state index in [-0.39, 0.29) is 0 Å². The van der Waals surface area contributed by atoms with Crippen molar-refractivity contribution in [3.8, 4) is 0 Å². The minimum absolute atomic E-state index is 0.626. The number of hydrogen-bond acceptors (Lipinski definition) is 3. The van der Waals surface area contributed by atoms with Crippen LogP contribution in [-0.4, -0.2) is 17.2 Å².